The summed E-state index contributed by atoms with van der Waals surface area (Å²) in [7, 11) is 0. The lowest BCUT2D eigenvalue weighted by molar-refractivity contribution is -0.124. The van der Waals surface area contributed by atoms with E-state index in [1.807, 2.05) is 31.2 Å². The minimum absolute atomic E-state index is 0.292. The molecule has 0 aliphatic heterocycles. The molecular formula is C16H15BrN2O3. The molecule has 1 aromatic heterocycles. The molecule has 0 saturated heterocycles. The van der Waals surface area contributed by atoms with Gasteiger partial charge in [-0.05, 0) is 34.5 Å². The number of hydrogen-bond acceptors (Lipinski definition) is 4. The number of aryl methyl sites for hydroxylation is 1. The van der Waals surface area contributed by atoms with E-state index >= 15 is 0 Å². The highest BCUT2D eigenvalue weighted by Gasteiger charge is 2.10. The molecule has 0 radical (unpaired) electrons. The van der Waals surface area contributed by atoms with Crippen LogP contribution in [0, 0.1) is 6.92 Å². The van der Waals surface area contributed by atoms with Crippen LogP contribution in [0.2, 0.25) is 0 Å². The third-order valence-electron chi connectivity index (χ3n) is 2.85. The molecule has 1 N–H and O–H groups in total. The number of ether oxygens (including phenoxy) is 1. The first kappa shape index (κ1) is 16.2. The topological polar surface area (TPSA) is 68.3 Å². The second kappa shape index (κ2) is 7.70. The number of esters is 1. The number of pyridine rings is 1. The van der Waals surface area contributed by atoms with E-state index in [-0.39, 0.29) is 12.5 Å². The van der Waals surface area contributed by atoms with E-state index in [4.69, 9.17) is 4.74 Å². The van der Waals surface area contributed by atoms with Gasteiger partial charge in [-0.15, -0.1) is 0 Å². The summed E-state index contributed by atoms with van der Waals surface area (Å²) in [6.07, 6.45) is 2.95. The van der Waals surface area contributed by atoms with E-state index < -0.39 is 5.97 Å². The summed E-state index contributed by atoms with van der Waals surface area (Å²) in [5.41, 5.74) is 2.41. The fraction of sp³-hybridized carbons (Fsp3) is 0.188. The predicted octanol–water partition coefficient (Wildman–Crippen LogP) is 2.63. The smallest absolute Gasteiger partial charge is 0.340 e. The number of halogens is 1. The average molecular weight is 363 g/mol. The van der Waals surface area contributed by atoms with E-state index in [9.17, 15) is 9.59 Å². The molecule has 0 fully saturated rings. The second-order valence-corrected chi connectivity index (χ2v) is 5.65. The van der Waals surface area contributed by atoms with Crippen LogP contribution in [0.15, 0.2) is 47.2 Å². The summed E-state index contributed by atoms with van der Waals surface area (Å²) in [6.45, 7) is 2.06. The van der Waals surface area contributed by atoms with E-state index in [0.717, 1.165) is 11.1 Å². The Bertz CT molecular complexity index is 689. The minimum Gasteiger partial charge on any atom is -0.452 e. The van der Waals surface area contributed by atoms with Crippen LogP contribution in [0.5, 0.6) is 0 Å². The van der Waals surface area contributed by atoms with Crippen LogP contribution >= 0.6 is 15.9 Å². The maximum absolute atomic E-state index is 11.8. The Kier molecular flexibility index (Phi) is 5.66. The van der Waals surface area contributed by atoms with Crippen molar-refractivity contribution in [2.75, 3.05) is 6.61 Å². The van der Waals surface area contributed by atoms with Crippen molar-refractivity contribution in [2.24, 2.45) is 0 Å². The summed E-state index contributed by atoms with van der Waals surface area (Å²) in [4.78, 5) is 27.3. The zero-order chi connectivity index (χ0) is 15.9. The van der Waals surface area contributed by atoms with Crippen molar-refractivity contribution in [1.29, 1.82) is 0 Å². The van der Waals surface area contributed by atoms with Gasteiger partial charge in [0.1, 0.15) is 0 Å². The van der Waals surface area contributed by atoms with Crippen molar-refractivity contribution >= 4 is 27.8 Å². The van der Waals surface area contributed by atoms with Gasteiger partial charge in [0, 0.05) is 23.4 Å². The van der Waals surface area contributed by atoms with Gasteiger partial charge in [-0.25, -0.2) is 4.79 Å². The summed E-state index contributed by atoms with van der Waals surface area (Å²) in [5, 5.41) is 2.70. The molecule has 0 spiro atoms. The number of amides is 1. The molecule has 6 heteroatoms. The molecule has 2 aromatic rings. The summed E-state index contributed by atoms with van der Waals surface area (Å²) < 4.78 is 5.62. The van der Waals surface area contributed by atoms with Gasteiger partial charge >= 0.3 is 5.97 Å². The van der Waals surface area contributed by atoms with Crippen LogP contribution in [0.3, 0.4) is 0 Å². The molecule has 1 amide bonds. The van der Waals surface area contributed by atoms with Gasteiger partial charge in [0.25, 0.3) is 5.91 Å². The number of hydrogen-bond donors (Lipinski definition) is 1. The van der Waals surface area contributed by atoms with Crippen molar-refractivity contribution in [2.45, 2.75) is 13.5 Å². The molecule has 0 bridgehead atoms. The Balaban J connectivity index is 1.79. The van der Waals surface area contributed by atoms with E-state index in [1.54, 1.807) is 12.3 Å². The summed E-state index contributed by atoms with van der Waals surface area (Å²) in [6, 6.07) is 9.40. The molecular weight excluding hydrogens is 348 g/mol. The van der Waals surface area contributed by atoms with Crippen LogP contribution in [0.4, 0.5) is 0 Å². The van der Waals surface area contributed by atoms with E-state index in [0.29, 0.717) is 16.6 Å². The van der Waals surface area contributed by atoms with Crippen LogP contribution in [-0.4, -0.2) is 23.5 Å². The maximum Gasteiger partial charge on any atom is 0.340 e. The van der Waals surface area contributed by atoms with Gasteiger partial charge < -0.3 is 10.1 Å². The van der Waals surface area contributed by atoms with E-state index in [1.165, 1.54) is 6.20 Å². The monoisotopic (exact) mass is 362 g/mol. The Morgan fingerprint density at radius 1 is 1.27 bits per heavy atom. The van der Waals surface area contributed by atoms with Gasteiger partial charge in [-0.3, -0.25) is 9.78 Å². The maximum atomic E-state index is 11.8. The molecule has 1 aromatic carbocycles. The van der Waals surface area contributed by atoms with Crippen LogP contribution < -0.4 is 5.32 Å². The quantitative estimate of drug-likeness (QED) is 0.830. The molecule has 0 saturated carbocycles. The number of carbonyl (C=O) groups is 2. The number of carbonyl (C=O) groups excluding carboxylic acids is 2. The van der Waals surface area contributed by atoms with Crippen molar-refractivity contribution in [3.8, 4) is 0 Å². The number of aromatic nitrogens is 1. The third kappa shape index (κ3) is 4.96. The predicted molar refractivity (Wildman–Crippen MR) is 85.2 cm³/mol. The Morgan fingerprint density at radius 2 is 2.09 bits per heavy atom. The average Bonchev–Trinajstić information content (AvgIpc) is 2.50. The molecule has 0 aliphatic rings. The van der Waals surface area contributed by atoms with Gasteiger partial charge in [0.15, 0.2) is 6.61 Å². The van der Waals surface area contributed by atoms with Gasteiger partial charge in [-0.1, -0.05) is 29.8 Å². The number of nitrogens with zero attached hydrogens (tertiary/aromatic N) is 1. The lowest BCUT2D eigenvalue weighted by atomic mass is 10.1. The Hall–Kier alpha value is -2.21. The molecule has 2 rings (SSSR count). The van der Waals surface area contributed by atoms with Gasteiger partial charge in [0.2, 0.25) is 0 Å². The normalized spacial score (nSPS) is 10.1. The molecule has 22 heavy (non-hydrogen) atoms. The van der Waals surface area contributed by atoms with Crippen molar-refractivity contribution < 1.29 is 14.3 Å². The standard InChI is InChI=1S/C16H15BrN2O3/c1-11-3-2-4-12(5-11)7-19-15(20)10-22-16(21)13-6-14(17)9-18-8-13/h2-6,8-9H,7,10H2,1H3,(H,19,20). The van der Waals surface area contributed by atoms with E-state index in [2.05, 4.69) is 26.2 Å². The Morgan fingerprint density at radius 3 is 2.82 bits per heavy atom. The highest BCUT2D eigenvalue weighted by atomic mass is 79.9. The van der Waals surface area contributed by atoms with Crippen LogP contribution in [0.1, 0.15) is 21.5 Å². The number of nitrogens with one attached hydrogen (secondary N) is 1. The fourth-order valence-electron chi connectivity index (χ4n) is 1.81. The van der Waals surface area contributed by atoms with Gasteiger partial charge in [-0.2, -0.15) is 0 Å². The third-order valence-corrected chi connectivity index (χ3v) is 3.28. The van der Waals surface area contributed by atoms with Crippen LogP contribution in [-0.2, 0) is 16.1 Å². The molecule has 0 unspecified atom stereocenters. The highest BCUT2D eigenvalue weighted by molar-refractivity contribution is 9.10. The summed E-state index contributed by atoms with van der Waals surface area (Å²) >= 11 is 3.22. The largest absolute Gasteiger partial charge is 0.452 e. The van der Waals surface area contributed by atoms with Crippen molar-refractivity contribution in [3.05, 3.63) is 63.9 Å². The molecule has 0 atom stereocenters. The zero-order valence-corrected chi connectivity index (χ0v) is 13.6. The lowest BCUT2D eigenvalue weighted by Crippen LogP contribution is -2.28. The first-order valence-corrected chi connectivity index (χ1v) is 7.44. The molecule has 114 valence electrons. The number of rotatable bonds is 5. The molecule has 5 nitrogen and oxygen atoms in total. The SMILES string of the molecule is Cc1cccc(CNC(=O)COC(=O)c2cncc(Br)c2)c1. The molecule has 0 aliphatic carbocycles. The van der Waals surface area contributed by atoms with Gasteiger partial charge in [0.05, 0.1) is 5.56 Å². The molecule has 1 heterocycles. The Labute approximate surface area is 136 Å². The first-order valence-electron chi connectivity index (χ1n) is 6.64. The van der Waals surface area contributed by atoms with Crippen molar-refractivity contribution in [3.63, 3.8) is 0 Å². The summed E-state index contributed by atoms with van der Waals surface area (Å²) in [5.74, 6) is -0.933. The van der Waals surface area contributed by atoms with Crippen LogP contribution in [0.25, 0.3) is 0 Å². The second-order valence-electron chi connectivity index (χ2n) is 4.73. The number of benzene rings is 1. The van der Waals surface area contributed by atoms with Crippen molar-refractivity contribution in [1.82, 2.24) is 10.3 Å². The first-order chi connectivity index (χ1) is 10.5. The lowest BCUT2D eigenvalue weighted by Gasteiger charge is -2.07. The fourth-order valence-corrected chi connectivity index (χ4v) is 2.18. The highest BCUT2D eigenvalue weighted by Crippen LogP contribution is 2.10. The minimum atomic E-state index is -0.584. The zero-order valence-electron chi connectivity index (χ0n) is 12.0.